The molecule has 0 saturated heterocycles. The Hall–Kier alpha value is -1.71. The number of carbonyl (C=O) groups is 1. The van der Waals surface area contributed by atoms with Gasteiger partial charge in [0.25, 0.3) is 0 Å². The van der Waals surface area contributed by atoms with Crippen molar-refractivity contribution in [2.24, 2.45) is 0 Å². The number of benzene rings is 1. The van der Waals surface area contributed by atoms with E-state index in [9.17, 15) is 9.90 Å². The van der Waals surface area contributed by atoms with E-state index in [2.05, 4.69) is 5.32 Å². The quantitative estimate of drug-likeness (QED) is 0.826. The number of aliphatic carboxylic acids is 1. The molecule has 1 rings (SSSR count). The van der Waals surface area contributed by atoms with Gasteiger partial charge in [0.2, 0.25) is 0 Å². The van der Waals surface area contributed by atoms with Crippen molar-refractivity contribution in [3.05, 3.63) is 23.8 Å². The van der Waals surface area contributed by atoms with Crippen molar-refractivity contribution in [2.45, 2.75) is 32.7 Å². The van der Waals surface area contributed by atoms with Crippen molar-refractivity contribution in [3.63, 3.8) is 0 Å². The first-order valence-electron chi connectivity index (χ1n) is 5.59. The van der Waals surface area contributed by atoms with Gasteiger partial charge in [0.15, 0.2) is 0 Å². The van der Waals surface area contributed by atoms with Crippen LogP contribution in [0.4, 0.5) is 5.69 Å². The second-order valence-electron chi connectivity index (χ2n) is 4.32. The van der Waals surface area contributed by atoms with Gasteiger partial charge in [-0.2, -0.15) is 0 Å². The minimum Gasteiger partial charge on any atom is -0.495 e. The molecule has 4 nitrogen and oxygen atoms in total. The normalized spacial score (nSPS) is 13.9. The summed E-state index contributed by atoms with van der Waals surface area (Å²) >= 11 is 0. The van der Waals surface area contributed by atoms with Crippen molar-refractivity contribution in [1.29, 1.82) is 0 Å². The van der Waals surface area contributed by atoms with Crippen LogP contribution in [0, 0.1) is 6.92 Å². The van der Waals surface area contributed by atoms with Crippen molar-refractivity contribution in [3.8, 4) is 5.75 Å². The van der Waals surface area contributed by atoms with Gasteiger partial charge >= 0.3 is 5.97 Å². The zero-order valence-electron chi connectivity index (χ0n) is 10.7. The Balaban J connectivity index is 3.08. The maximum absolute atomic E-state index is 11.2. The molecule has 4 heteroatoms. The number of rotatable bonds is 5. The molecule has 0 aliphatic heterocycles. The fourth-order valence-corrected chi connectivity index (χ4v) is 1.51. The molecule has 1 aromatic rings. The molecule has 0 aliphatic carbocycles. The molecule has 1 unspecified atom stereocenters. The third kappa shape index (κ3) is 2.90. The van der Waals surface area contributed by atoms with E-state index in [1.165, 1.54) is 0 Å². The summed E-state index contributed by atoms with van der Waals surface area (Å²) in [7, 11) is 1.57. The largest absolute Gasteiger partial charge is 0.495 e. The van der Waals surface area contributed by atoms with E-state index >= 15 is 0 Å². The molecular weight excluding hydrogens is 218 g/mol. The minimum absolute atomic E-state index is 0.486. The number of aryl methyl sites for hydroxylation is 1. The van der Waals surface area contributed by atoms with E-state index in [-0.39, 0.29) is 0 Å². The highest BCUT2D eigenvalue weighted by atomic mass is 16.5. The molecule has 94 valence electrons. The fourth-order valence-electron chi connectivity index (χ4n) is 1.51. The highest BCUT2D eigenvalue weighted by molar-refractivity contribution is 5.83. The third-order valence-corrected chi connectivity index (χ3v) is 2.94. The van der Waals surface area contributed by atoms with Crippen LogP contribution in [0.5, 0.6) is 5.75 Å². The van der Waals surface area contributed by atoms with Crippen LogP contribution in [0.3, 0.4) is 0 Å². The summed E-state index contributed by atoms with van der Waals surface area (Å²) in [5.41, 5.74) is 0.776. The van der Waals surface area contributed by atoms with Gasteiger partial charge in [-0.05, 0) is 38.0 Å². The predicted octanol–water partition coefficient (Wildman–Crippen LogP) is 2.67. The summed E-state index contributed by atoms with van der Waals surface area (Å²) in [6.07, 6.45) is 0.486. The number of anilines is 1. The molecule has 0 heterocycles. The average Bonchev–Trinajstić information content (AvgIpc) is 2.29. The van der Waals surface area contributed by atoms with Gasteiger partial charge in [-0.3, -0.25) is 0 Å². The smallest absolute Gasteiger partial charge is 0.329 e. The standard InChI is InChI=1S/C13H19NO3/c1-5-13(3,12(15)16)14-10-8-9(2)6-7-11(10)17-4/h6-8,14H,5H2,1-4H3,(H,15,16). The number of ether oxygens (including phenoxy) is 1. The van der Waals surface area contributed by atoms with E-state index in [1.807, 2.05) is 32.0 Å². The summed E-state index contributed by atoms with van der Waals surface area (Å²) in [4.78, 5) is 11.2. The molecule has 2 N–H and O–H groups in total. The number of hydrogen-bond donors (Lipinski definition) is 2. The Bertz CT molecular complexity index is 417. The third-order valence-electron chi connectivity index (χ3n) is 2.94. The molecule has 0 radical (unpaired) electrons. The van der Waals surface area contributed by atoms with Crippen LogP contribution in [0.2, 0.25) is 0 Å². The second kappa shape index (κ2) is 5.08. The number of nitrogens with one attached hydrogen (secondary N) is 1. The molecule has 1 aromatic carbocycles. The summed E-state index contributed by atoms with van der Waals surface area (Å²) in [6.45, 7) is 5.45. The number of carboxylic acid groups (broad SMARTS) is 1. The fraction of sp³-hybridized carbons (Fsp3) is 0.462. The SMILES string of the molecule is CCC(C)(Nc1cc(C)ccc1OC)C(=O)O. The van der Waals surface area contributed by atoms with E-state index in [0.717, 1.165) is 5.56 Å². The number of methoxy groups -OCH3 is 1. The van der Waals surface area contributed by atoms with Gasteiger partial charge in [-0.25, -0.2) is 4.79 Å². The Morgan fingerprint density at radius 1 is 1.53 bits per heavy atom. The maximum atomic E-state index is 11.2. The van der Waals surface area contributed by atoms with E-state index in [4.69, 9.17) is 4.74 Å². The summed E-state index contributed by atoms with van der Waals surface area (Å²) in [6, 6.07) is 5.64. The number of carboxylic acids is 1. The lowest BCUT2D eigenvalue weighted by molar-refractivity contribution is -0.141. The van der Waals surface area contributed by atoms with E-state index in [0.29, 0.717) is 17.9 Å². The molecule has 0 aliphatic rings. The zero-order chi connectivity index (χ0) is 13.1. The molecule has 17 heavy (non-hydrogen) atoms. The Morgan fingerprint density at radius 2 is 2.18 bits per heavy atom. The monoisotopic (exact) mass is 237 g/mol. The lowest BCUT2D eigenvalue weighted by Crippen LogP contribution is -2.42. The van der Waals surface area contributed by atoms with E-state index < -0.39 is 11.5 Å². The van der Waals surface area contributed by atoms with Crippen LogP contribution in [-0.2, 0) is 4.79 Å². The minimum atomic E-state index is -0.985. The predicted molar refractivity (Wildman–Crippen MR) is 67.7 cm³/mol. The Morgan fingerprint density at radius 3 is 2.65 bits per heavy atom. The second-order valence-corrected chi connectivity index (χ2v) is 4.32. The van der Waals surface area contributed by atoms with Gasteiger partial charge in [-0.1, -0.05) is 13.0 Å². The van der Waals surface area contributed by atoms with Crippen LogP contribution in [0.15, 0.2) is 18.2 Å². The molecular formula is C13H19NO3. The van der Waals surface area contributed by atoms with Crippen LogP contribution < -0.4 is 10.1 Å². The molecule has 0 fully saturated rings. The summed E-state index contributed by atoms with van der Waals surface area (Å²) in [5.74, 6) is -0.222. The zero-order valence-corrected chi connectivity index (χ0v) is 10.7. The first-order chi connectivity index (χ1) is 7.92. The molecule has 0 aromatic heterocycles. The lowest BCUT2D eigenvalue weighted by atomic mass is 9.98. The number of hydrogen-bond acceptors (Lipinski definition) is 3. The Kier molecular flexibility index (Phi) is 3.99. The van der Waals surface area contributed by atoms with Gasteiger partial charge in [-0.15, -0.1) is 0 Å². The van der Waals surface area contributed by atoms with Crippen LogP contribution in [0.25, 0.3) is 0 Å². The molecule has 0 saturated carbocycles. The van der Waals surface area contributed by atoms with Crippen LogP contribution in [0.1, 0.15) is 25.8 Å². The van der Waals surface area contributed by atoms with Gasteiger partial charge in [0, 0.05) is 0 Å². The van der Waals surface area contributed by atoms with Crippen molar-refractivity contribution in [2.75, 3.05) is 12.4 Å². The van der Waals surface area contributed by atoms with Crippen molar-refractivity contribution in [1.82, 2.24) is 0 Å². The summed E-state index contributed by atoms with van der Waals surface area (Å²) < 4.78 is 5.22. The highest BCUT2D eigenvalue weighted by Gasteiger charge is 2.31. The Labute approximate surface area is 102 Å². The van der Waals surface area contributed by atoms with Crippen molar-refractivity contribution < 1.29 is 14.6 Å². The van der Waals surface area contributed by atoms with Gasteiger partial charge < -0.3 is 15.2 Å². The first kappa shape index (κ1) is 13.4. The van der Waals surface area contributed by atoms with Gasteiger partial charge in [0.1, 0.15) is 11.3 Å². The maximum Gasteiger partial charge on any atom is 0.329 e. The molecule has 1 atom stereocenters. The highest BCUT2D eigenvalue weighted by Crippen LogP contribution is 2.29. The average molecular weight is 237 g/mol. The topological polar surface area (TPSA) is 58.6 Å². The van der Waals surface area contributed by atoms with Crippen LogP contribution in [-0.4, -0.2) is 23.7 Å². The lowest BCUT2D eigenvalue weighted by Gasteiger charge is -2.27. The molecule has 0 amide bonds. The van der Waals surface area contributed by atoms with Crippen molar-refractivity contribution >= 4 is 11.7 Å². The summed E-state index contributed by atoms with van der Waals surface area (Å²) in [5, 5.41) is 12.3. The van der Waals surface area contributed by atoms with E-state index in [1.54, 1.807) is 14.0 Å². The first-order valence-corrected chi connectivity index (χ1v) is 5.59. The van der Waals surface area contributed by atoms with Crippen LogP contribution >= 0.6 is 0 Å². The van der Waals surface area contributed by atoms with Gasteiger partial charge in [0.05, 0.1) is 12.8 Å². The molecule has 0 spiro atoms. The molecule has 0 bridgehead atoms.